The Morgan fingerprint density at radius 1 is 1.50 bits per heavy atom. The molecule has 0 N–H and O–H groups in total. The summed E-state index contributed by atoms with van der Waals surface area (Å²) in [6, 6.07) is -0.433. The fourth-order valence-corrected chi connectivity index (χ4v) is 2.96. The molecule has 0 radical (unpaired) electrons. The summed E-state index contributed by atoms with van der Waals surface area (Å²) in [4.78, 5) is 24.1. The number of methoxy groups -OCH3 is 1. The van der Waals surface area contributed by atoms with E-state index in [-0.39, 0.29) is 16.7 Å². The van der Waals surface area contributed by atoms with E-state index < -0.39 is 6.04 Å². The van der Waals surface area contributed by atoms with Crippen molar-refractivity contribution in [3.63, 3.8) is 0 Å². The van der Waals surface area contributed by atoms with Gasteiger partial charge in [0.15, 0.2) is 0 Å². The van der Waals surface area contributed by atoms with Crippen LogP contribution in [0.1, 0.15) is 20.8 Å². The number of carbonyl (C=O) groups is 2. The molecule has 0 saturated carbocycles. The van der Waals surface area contributed by atoms with Crippen molar-refractivity contribution in [3.05, 3.63) is 0 Å². The third-order valence-corrected chi connectivity index (χ3v) is 3.68. The lowest BCUT2D eigenvalue weighted by Gasteiger charge is -2.32. The average Bonchev–Trinajstić information content (AvgIpc) is 2.39. The Hall–Kier alpha value is -0.710. The minimum Gasteiger partial charge on any atom is -0.467 e. The first kappa shape index (κ1) is 11.4. The molecule has 1 heterocycles. The van der Waals surface area contributed by atoms with Gasteiger partial charge in [0.25, 0.3) is 0 Å². The van der Waals surface area contributed by atoms with Gasteiger partial charge in [-0.1, -0.05) is 0 Å². The summed E-state index contributed by atoms with van der Waals surface area (Å²) in [5.41, 5.74) is 0. The van der Waals surface area contributed by atoms with Crippen molar-refractivity contribution in [1.29, 1.82) is 0 Å². The Balaban J connectivity index is 2.90. The average molecular weight is 217 g/mol. The van der Waals surface area contributed by atoms with Crippen LogP contribution in [-0.4, -0.2) is 40.6 Å². The van der Waals surface area contributed by atoms with Crippen molar-refractivity contribution >= 4 is 23.6 Å². The first-order chi connectivity index (χ1) is 6.40. The highest BCUT2D eigenvalue weighted by Crippen LogP contribution is 2.39. The van der Waals surface area contributed by atoms with Crippen LogP contribution in [0.2, 0.25) is 0 Å². The van der Waals surface area contributed by atoms with E-state index in [9.17, 15) is 9.59 Å². The zero-order valence-electron chi connectivity index (χ0n) is 8.86. The van der Waals surface area contributed by atoms with Crippen LogP contribution in [0.3, 0.4) is 0 Å². The van der Waals surface area contributed by atoms with Crippen molar-refractivity contribution in [1.82, 2.24) is 4.90 Å². The molecule has 5 heteroatoms. The van der Waals surface area contributed by atoms with Crippen LogP contribution >= 0.6 is 11.8 Å². The van der Waals surface area contributed by atoms with Crippen LogP contribution in [0.5, 0.6) is 0 Å². The van der Waals surface area contributed by atoms with Gasteiger partial charge in [-0.25, -0.2) is 4.79 Å². The number of thioether (sulfide) groups is 1. The zero-order valence-corrected chi connectivity index (χ0v) is 9.68. The monoisotopic (exact) mass is 217 g/mol. The number of carbonyl (C=O) groups excluding carboxylic acids is 2. The van der Waals surface area contributed by atoms with Crippen LogP contribution in [0.15, 0.2) is 0 Å². The van der Waals surface area contributed by atoms with Gasteiger partial charge < -0.3 is 9.64 Å². The minimum absolute atomic E-state index is 0.0876. The molecule has 0 aliphatic carbocycles. The second-order valence-electron chi connectivity index (χ2n) is 3.69. The normalized spacial score (nSPS) is 24.9. The zero-order chi connectivity index (χ0) is 10.9. The highest BCUT2D eigenvalue weighted by Gasteiger charge is 2.45. The van der Waals surface area contributed by atoms with Gasteiger partial charge in [-0.2, -0.15) is 0 Å². The van der Waals surface area contributed by atoms with E-state index in [0.717, 1.165) is 0 Å². The minimum atomic E-state index is -0.433. The molecular formula is C9H15NO3S. The summed E-state index contributed by atoms with van der Waals surface area (Å²) in [5.74, 6) is 0.188. The van der Waals surface area contributed by atoms with Crippen molar-refractivity contribution in [3.8, 4) is 0 Å². The van der Waals surface area contributed by atoms with Gasteiger partial charge in [0, 0.05) is 12.7 Å². The maximum Gasteiger partial charge on any atom is 0.329 e. The lowest BCUT2D eigenvalue weighted by molar-refractivity contribution is -0.152. The Kier molecular flexibility index (Phi) is 3.09. The predicted molar refractivity (Wildman–Crippen MR) is 54.9 cm³/mol. The number of rotatable bonds is 1. The summed E-state index contributed by atoms with van der Waals surface area (Å²) in [6.07, 6.45) is 0. The summed E-state index contributed by atoms with van der Waals surface area (Å²) in [5, 5.41) is 0. The molecule has 1 fully saturated rings. The number of esters is 1. The fourth-order valence-electron chi connectivity index (χ4n) is 1.71. The summed E-state index contributed by atoms with van der Waals surface area (Å²) < 4.78 is 4.66. The van der Waals surface area contributed by atoms with Gasteiger partial charge in [-0.3, -0.25) is 4.79 Å². The quantitative estimate of drug-likeness (QED) is 0.611. The standard InChI is InChI=1S/C9H15NO3S/c1-6(11)10-7(8(12)13-4)5-14-9(10,2)3/h7H,5H2,1-4H3. The highest BCUT2D eigenvalue weighted by atomic mass is 32.2. The molecule has 0 aromatic heterocycles. The van der Waals surface area contributed by atoms with E-state index in [2.05, 4.69) is 4.74 Å². The van der Waals surface area contributed by atoms with Gasteiger partial charge in [0.2, 0.25) is 5.91 Å². The fraction of sp³-hybridized carbons (Fsp3) is 0.778. The molecule has 1 rings (SSSR count). The van der Waals surface area contributed by atoms with E-state index in [4.69, 9.17) is 0 Å². The Bertz CT molecular complexity index is 265. The largest absolute Gasteiger partial charge is 0.467 e. The molecule has 1 amide bonds. The molecule has 14 heavy (non-hydrogen) atoms. The Morgan fingerprint density at radius 2 is 2.07 bits per heavy atom. The van der Waals surface area contributed by atoms with Crippen LogP contribution in [0.4, 0.5) is 0 Å². The van der Waals surface area contributed by atoms with E-state index in [1.807, 2.05) is 13.8 Å². The molecule has 1 aliphatic heterocycles. The van der Waals surface area contributed by atoms with Crippen molar-refractivity contribution in [2.24, 2.45) is 0 Å². The Morgan fingerprint density at radius 3 is 2.50 bits per heavy atom. The molecule has 1 unspecified atom stereocenters. The third kappa shape index (κ3) is 1.87. The number of ether oxygens (including phenoxy) is 1. The first-order valence-electron chi connectivity index (χ1n) is 4.42. The van der Waals surface area contributed by atoms with Gasteiger partial charge >= 0.3 is 5.97 Å². The van der Waals surface area contributed by atoms with Gasteiger partial charge in [-0.05, 0) is 13.8 Å². The summed E-state index contributed by atoms with van der Waals surface area (Å²) >= 11 is 1.59. The molecule has 1 atom stereocenters. The molecule has 80 valence electrons. The van der Waals surface area contributed by atoms with Gasteiger partial charge in [0.1, 0.15) is 6.04 Å². The molecular weight excluding hydrogens is 202 g/mol. The smallest absolute Gasteiger partial charge is 0.329 e. The van der Waals surface area contributed by atoms with Crippen LogP contribution in [0, 0.1) is 0 Å². The molecule has 0 aromatic carbocycles. The lowest BCUT2D eigenvalue weighted by atomic mass is 10.2. The molecule has 1 aliphatic rings. The second kappa shape index (κ2) is 3.81. The summed E-state index contributed by atoms with van der Waals surface area (Å²) in [6.45, 7) is 5.34. The van der Waals surface area contributed by atoms with Gasteiger partial charge in [0.05, 0.1) is 12.0 Å². The lowest BCUT2D eigenvalue weighted by Crippen LogP contribution is -2.49. The number of amides is 1. The number of hydrogen-bond acceptors (Lipinski definition) is 4. The van der Waals surface area contributed by atoms with Crippen LogP contribution in [0.25, 0.3) is 0 Å². The first-order valence-corrected chi connectivity index (χ1v) is 5.40. The van der Waals surface area contributed by atoms with E-state index in [1.54, 1.807) is 16.7 Å². The second-order valence-corrected chi connectivity index (χ2v) is 5.31. The molecule has 0 bridgehead atoms. The van der Waals surface area contributed by atoms with Crippen molar-refractivity contribution in [2.75, 3.05) is 12.9 Å². The van der Waals surface area contributed by atoms with Gasteiger partial charge in [-0.15, -0.1) is 11.8 Å². The van der Waals surface area contributed by atoms with Crippen molar-refractivity contribution in [2.45, 2.75) is 31.7 Å². The number of nitrogens with zero attached hydrogens (tertiary/aromatic N) is 1. The highest BCUT2D eigenvalue weighted by molar-refractivity contribution is 8.00. The van der Waals surface area contributed by atoms with Crippen LogP contribution in [-0.2, 0) is 14.3 Å². The van der Waals surface area contributed by atoms with Crippen LogP contribution < -0.4 is 0 Å². The topological polar surface area (TPSA) is 46.6 Å². The molecule has 1 saturated heterocycles. The Labute approximate surface area is 88.0 Å². The molecule has 0 aromatic rings. The SMILES string of the molecule is COC(=O)C1CSC(C)(C)N1C(C)=O. The van der Waals surface area contributed by atoms with Crippen molar-refractivity contribution < 1.29 is 14.3 Å². The predicted octanol–water partition coefficient (Wildman–Crippen LogP) is 0.859. The van der Waals surface area contributed by atoms with E-state index in [1.165, 1.54) is 14.0 Å². The van der Waals surface area contributed by atoms with E-state index >= 15 is 0 Å². The summed E-state index contributed by atoms with van der Waals surface area (Å²) in [7, 11) is 1.34. The number of hydrogen-bond donors (Lipinski definition) is 0. The third-order valence-electron chi connectivity index (χ3n) is 2.30. The maximum atomic E-state index is 11.4. The maximum absolute atomic E-state index is 11.4. The molecule has 0 spiro atoms. The van der Waals surface area contributed by atoms with E-state index in [0.29, 0.717) is 5.75 Å². The molecule has 4 nitrogen and oxygen atoms in total.